The predicted molar refractivity (Wildman–Crippen MR) is 260 cm³/mol. The average molecular weight is 954 g/mol. The van der Waals surface area contributed by atoms with Crippen molar-refractivity contribution in [2.75, 3.05) is 84.7 Å². The second-order valence-electron chi connectivity index (χ2n) is 20.5. The number of methoxy groups -OCH3 is 1. The summed E-state index contributed by atoms with van der Waals surface area (Å²) in [7, 11) is 3.29. The third kappa shape index (κ3) is 10.2. The van der Waals surface area contributed by atoms with Gasteiger partial charge in [0.1, 0.15) is 23.7 Å². The summed E-state index contributed by atoms with van der Waals surface area (Å²) in [5, 5.41) is 5.59. The number of urea groups is 1. The summed E-state index contributed by atoms with van der Waals surface area (Å²) < 4.78 is 26.8. The van der Waals surface area contributed by atoms with Gasteiger partial charge in [0.25, 0.3) is 5.91 Å². The molecule has 8 rings (SSSR count). The molecule has 1 aromatic carbocycles. The summed E-state index contributed by atoms with van der Waals surface area (Å²) in [5.41, 5.74) is 8.05. The molecule has 2 aromatic heterocycles. The van der Waals surface area contributed by atoms with E-state index in [1.807, 2.05) is 26.8 Å². The van der Waals surface area contributed by atoms with E-state index >= 15 is 0 Å². The number of likely N-dealkylation sites (tertiary alicyclic amines) is 1. The Morgan fingerprint density at radius 2 is 1.84 bits per heavy atom. The molecule has 5 aliphatic heterocycles. The summed E-state index contributed by atoms with van der Waals surface area (Å²) in [6.45, 7) is 20.0. The topological polar surface area (TPSA) is 180 Å². The molecule has 5 atom stereocenters. The molecule has 18 nitrogen and oxygen atoms in total. The summed E-state index contributed by atoms with van der Waals surface area (Å²) >= 11 is 0. The lowest BCUT2D eigenvalue weighted by atomic mass is 9.84. The highest BCUT2D eigenvalue weighted by Crippen LogP contribution is 2.42. The van der Waals surface area contributed by atoms with E-state index in [0.29, 0.717) is 71.7 Å². The maximum atomic E-state index is 14.8. The van der Waals surface area contributed by atoms with Crippen LogP contribution in [0.3, 0.4) is 0 Å². The minimum atomic E-state index is -1.07. The number of likely N-dealkylation sites (N-methyl/N-ethyl adjacent to an activating group) is 1. The first kappa shape index (κ1) is 49.8. The van der Waals surface area contributed by atoms with Crippen LogP contribution in [0.5, 0.6) is 0 Å². The Labute approximate surface area is 405 Å². The zero-order chi connectivity index (χ0) is 49.4. The summed E-state index contributed by atoms with van der Waals surface area (Å²) in [6.07, 6.45) is 4.09. The van der Waals surface area contributed by atoms with Crippen molar-refractivity contribution >= 4 is 46.3 Å². The number of fused-ring (bicyclic) bond motifs is 6. The van der Waals surface area contributed by atoms with Crippen molar-refractivity contribution in [3.05, 3.63) is 60.4 Å². The molecule has 5 amide bonds. The Morgan fingerprint density at radius 1 is 1.07 bits per heavy atom. The minimum Gasteiger partial charge on any atom is -0.464 e. The molecule has 7 heterocycles. The molecule has 0 saturated carbocycles. The maximum Gasteiger partial charge on any atom is 0.324 e. The van der Waals surface area contributed by atoms with E-state index in [4.69, 9.17) is 23.9 Å². The molecule has 69 heavy (non-hydrogen) atoms. The van der Waals surface area contributed by atoms with Crippen molar-refractivity contribution < 1.29 is 42.9 Å². The number of benzene rings is 1. The van der Waals surface area contributed by atoms with Gasteiger partial charge in [-0.15, -0.1) is 0 Å². The second-order valence-corrected chi connectivity index (χ2v) is 20.5. The number of aromatic nitrogens is 2. The minimum absolute atomic E-state index is 0.135. The van der Waals surface area contributed by atoms with Crippen LogP contribution in [-0.4, -0.2) is 169 Å². The summed E-state index contributed by atoms with van der Waals surface area (Å²) in [5.74, 6) is -1.86. The molecule has 18 heteroatoms. The van der Waals surface area contributed by atoms with E-state index < -0.39 is 53.0 Å². The number of hydrazine groups is 1. The van der Waals surface area contributed by atoms with E-state index in [9.17, 15) is 24.0 Å². The van der Waals surface area contributed by atoms with Gasteiger partial charge in [0, 0.05) is 87.1 Å². The van der Waals surface area contributed by atoms with Crippen molar-refractivity contribution in [2.45, 2.75) is 110 Å². The van der Waals surface area contributed by atoms with Gasteiger partial charge in [-0.05, 0) is 81.0 Å². The highest BCUT2D eigenvalue weighted by atomic mass is 16.5. The molecule has 0 aliphatic carbocycles. The third-order valence-corrected chi connectivity index (χ3v) is 14.5. The number of carbonyl (C=O) groups is 5. The number of pyridine rings is 1. The first-order valence-electron chi connectivity index (χ1n) is 24.6. The van der Waals surface area contributed by atoms with Gasteiger partial charge in [-0.2, -0.15) is 0 Å². The molecule has 4 fully saturated rings. The number of nitrogens with zero attached hydrogens (tertiary/aromatic N) is 7. The number of cyclic esters (lactones) is 1. The van der Waals surface area contributed by atoms with E-state index in [0.717, 1.165) is 39.1 Å². The van der Waals surface area contributed by atoms with Gasteiger partial charge >= 0.3 is 12.0 Å². The monoisotopic (exact) mass is 954 g/mol. The van der Waals surface area contributed by atoms with Gasteiger partial charge in [-0.1, -0.05) is 34.3 Å². The number of morpholine rings is 2. The molecule has 0 radical (unpaired) electrons. The van der Waals surface area contributed by atoms with Crippen LogP contribution in [0.1, 0.15) is 78.2 Å². The lowest BCUT2D eigenvalue weighted by Gasteiger charge is -2.54. The number of anilines is 1. The fourth-order valence-corrected chi connectivity index (χ4v) is 10.9. The molecule has 6 bridgehead atoms. The summed E-state index contributed by atoms with van der Waals surface area (Å²) in [6, 6.07) is 7.46. The van der Waals surface area contributed by atoms with E-state index in [-0.39, 0.29) is 50.1 Å². The van der Waals surface area contributed by atoms with Gasteiger partial charge in [-0.3, -0.25) is 29.2 Å². The molecule has 5 aliphatic rings. The maximum absolute atomic E-state index is 14.8. The van der Waals surface area contributed by atoms with Crippen LogP contribution in [0.25, 0.3) is 22.2 Å². The highest BCUT2D eigenvalue weighted by Gasteiger charge is 2.51. The predicted octanol–water partition coefficient (Wildman–Crippen LogP) is 4.31. The van der Waals surface area contributed by atoms with Gasteiger partial charge in [-0.25, -0.2) is 10.2 Å². The average Bonchev–Trinajstić information content (AvgIpc) is 3.64. The number of carbonyl (C=O) groups excluding carboxylic acids is 5. The number of ether oxygens (including phenoxy) is 4. The Hall–Kier alpha value is -5.56. The van der Waals surface area contributed by atoms with Crippen LogP contribution in [0, 0.1) is 11.3 Å². The van der Waals surface area contributed by atoms with Crippen LogP contribution in [0.2, 0.25) is 0 Å². The van der Waals surface area contributed by atoms with Crippen molar-refractivity contribution in [1.82, 2.24) is 40.0 Å². The molecular weight excluding hydrogens is 883 g/mol. The Balaban J connectivity index is 1.10. The van der Waals surface area contributed by atoms with E-state index in [1.54, 1.807) is 30.2 Å². The van der Waals surface area contributed by atoms with Gasteiger partial charge in [0.05, 0.1) is 63.1 Å². The number of nitrogens with one attached hydrogen (secondary N) is 2. The van der Waals surface area contributed by atoms with Crippen LogP contribution in [0.15, 0.2) is 49.2 Å². The first-order chi connectivity index (χ1) is 33.0. The molecule has 0 unspecified atom stereocenters. The number of aryl methyl sites for hydroxylation is 1. The fraction of sp³-hybridized carbons (Fsp3) is 0.608. The SMILES string of the molecule is C=CC(=O)N1CCOC2(C1)CN(C(=O)N(C)[C@H](C(=O)N[C@H]1C[C@H]3CN(CCO3)c3ccc4c(c3)c(c(-c3cccnc3[C@H](C)OC)n4CC)CC(C)(C)COC(=O)[C@@H]3CCCN(N3)C1=O)C(C)C)C2. The quantitative estimate of drug-likeness (QED) is 0.230. The van der Waals surface area contributed by atoms with Crippen LogP contribution in [0.4, 0.5) is 10.5 Å². The molecule has 4 saturated heterocycles. The summed E-state index contributed by atoms with van der Waals surface area (Å²) in [4.78, 5) is 81.6. The lowest BCUT2D eigenvalue weighted by Crippen LogP contribution is -2.73. The van der Waals surface area contributed by atoms with Gasteiger partial charge < -0.3 is 48.4 Å². The zero-order valence-electron chi connectivity index (χ0n) is 41.6. The van der Waals surface area contributed by atoms with Crippen LogP contribution in [-0.2, 0) is 51.1 Å². The third-order valence-electron chi connectivity index (χ3n) is 14.5. The number of amides is 5. The molecule has 374 valence electrons. The standard InChI is InChI=1S/C51H71N9O9/c1-10-42(61)57-21-23-69-51(28-57)29-58(30-51)49(65)55(8)44(32(3)4)46(62)53-40-25-35-27-56(20-22-67-35)34-16-17-41-37(24-34)38(45(59(41)11-2)36-14-12-18-52-43(36)33(5)66-9)26-50(6,7)31-68-48(64)39-15-13-19-60(54-39)47(40)63/h10,12,14,16-18,24,32-33,35,39-40,44,54H,1,11,13,15,19-23,25-31H2,2-9H3,(H,53,62)/t33-,35-,39-,40-,44-/m0/s1. The van der Waals surface area contributed by atoms with E-state index in [2.05, 4.69) is 71.8 Å². The first-order valence-corrected chi connectivity index (χ1v) is 24.6. The lowest BCUT2D eigenvalue weighted by molar-refractivity contribution is -0.178. The van der Waals surface area contributed by atoms with Crippen molar-refractivity contribution in [3.63, 3.8) is 0 Å². The Bertz CT molecular complexity index is 2430. The van der Waals surface area contributed by atoms with Gasteiger partial charge in [0.2, 0.25) is 11.8 Å². The number of rotatable bonds is 9. The number of esters is 1. The second kappa shape index (κ2) is 20.4. The van der Waals surface area contributed by atoms with E-state index in [1.165, 1.54) is 16.0 Å². The smallest absolute Gasteiger partial charge is 0.324 e. The molecule has 1 spiro atoms. The molecule has 2 N–H and O–H groups in total. The largest absolute Gasteiger partial charge is 0.464 e. The highest BCUT2D eigenvalue weighted by molar-refractivity contribution is 5.95. The normalized spacial score (nSPS) is 23.8. The molecule has 3 aromatic rings. The molecular formula is C51H71N9O9. The van der Waals surface area contributed by atoms with Crippen molar-refractivity contribution in [3.8, 4) is 11.3 Å². The fourth-order valence-electron chi connectivity index (χ4n) is 10.9. The Kier molecular flexibility index (Phi) is 14.8. The zero-order valence-corrected chi connectivity index (χ0v) is 41.6. The van der Waals surface area contributed by atoms with Crippen LogP contribution >= 0.6 is 0 Å². The Morgan fingerprint density at radius 3 is 2.57 bits per heavy atom. The van der Waals surface area contributed by atoms with Crippen LogP contribution < -0.4 is 15.6 Å². The van der Waals surface area contributed by atoms with Crippen molar-refractivity contribution in [2.24, 2.45) is 11.3 Å². The number of hydrogen-bond acceptors (Lipinski definition) is 12. The van der Waals surface area contributed by atoms with Crippen molar-refractivity contribution in [1.29, 1.82) is 0 Å². The van der Waals surface area contributed by atoms with Gasteiger partial charge in [0.15, 0.2) is 0 Å². The number of hydrogen-bond donors (Lipinski definition) is 2.